The summed E-state index contributed by atoms with van der Waals surface area (Å²) >= 11 is 3.42. The van der Waals surface area contributed by atoms with Crippen LogP contribution < -0.4 is 5.32 Å². The van der Waals surface area contributed by atoms with E-state index < -0.39 is 12.0 Å². The summed E-state index contributed by atoms with van der Waals surface area (Å²) in [7, 11) is 0. The summed E-state index contributed by atoms with van der Waals surface area (Å²) in [5.41, 5.74) is 1.50. The lowest BCUT2D eigenvalue weighted by molar-refractivity contribution is -0.147. The van der Waals surface area contributed by atoms with Gasteiger partial charge in [-0.15, -0.1) is 0 Å². The molecule has 1 heterocycles. The number of piperazine rings is 1. The Kier molecular flexibility index (Phi) is 7.63. The number of hydrogen-bond acceptors (Lipinski definition) is 4. The molecule has 1 aromatic carbocycles. The van der Waals surface area contributed by atoms with E-state index in [1.165, 1.54) is 4.90 Å². The minimum absolute atomic E-state index is 0.128. The van der Waals surface area contributed by atoms with E-state index in [9.17, 15) is 14.4 Å². The molecule has 1 aliphatic rings. The number of hydrogen-bond donors (Lipinski definition) is 1. The second-order valence-electron chi connectivity index (χ2n) is 6.40. The summed E-state index contributed by atoms with van der Waals surface area (Å²) in [4.78, 5) is 38.7. The number of unbranched alkanes of at least 4 members (excludes halogenated alkanes) is 2. The van der Waals surface area contributed by atoms with Gasteiger partial charge in [0.05, 0.1) is 13.0 Å². The maximum atomic E-state index is 12.9. The number of nitrogens with one attached hydrogen (secondary N) is 1. The molecule has 26 heavy (non-hydrogen) atoms. The van der Waals surface area contributed by atoms with Gasteiger partial charge in [-0.1, -0.05) is 41.8 Å². The second kappa shape index (κ2) is 9.71. The lowest BCUT2D eigenvalue weighted by Crippen LogP contribution is -2.57. The van der Waals surface area contributed by atoms with Crippen molar-refractivity contribution in [3.63, 3.8) is 0 Å². The van der Waals surface area contributed by atoms with Crippen LogP contribution in [-0.2, 0) is 14.3 Å². The minimum Gasteiger partial charge on any atom is -0.466 e. The zero-order chi connectivity index (χ0) is 19.1. The first-order chi connectivity index (χ1) is 12.4. The first-order valence-corrected chi connectivity index (χ1v) is 9.73. The fourth-order valence-electron chi connectivity index (χ4n) is 2.81. The zero-order valence-corrected chi connectivity index (χ0v) is 16.8. The molecule has 7 heteroatoms. The van der Waals surface area contributed by atoms with Crippen LogP contribution in [0.3, 0.4) is 0 Å². The number of carbonyl (C=O) groups excluding carboxylic acids is 3. The van der Waals surface area contributed by atoms with Crippen LogP contribution in [0, 0.1) is 6.92 Å². The van der Waals surface area contributed by atoms with Gasteiger partial charge in [0, 0.05) is 23.1 Å². The number of ether oxygens (including phenoxy) is 1. The molecule has 1 N–H and O–H groups in total. The maximum absolute atomic E-state index is 12.9. The van der Waals surface area contributed by atoms with Crippen LogP contribution in [0.5, 0.6) is 0 Å². The van der Waals surface area contributed by atoms with E-state index in [2.05, 4.69) is 28.2 Å². The molecule has 6 nitrogen and oxygen atoms in total. The lowest BCUT2D eigenvalue weighted by atomic mass is 10.1. The molecule has 1 atom stereocenters. The van der Waals surface area contributed by atoms with Crippen LogP contribution >= 0.6 is 15.9 Å². The molecule has 0 aromatic heterocycles. The van der Waals surface area contributed by atoms with E-state index in [0.717, 1.165) is 29.3 Å². The van der Waals surface area contributed by atoms with Gasteiger partial charge in [-0.25, -0.2) is 0 Å². The van der Waals surface area contributed by atoms with Crippen molar-refractivity contribution in [1.29, 1.82) is 0 Å². The monoisotopic (exact) mass is 424 g/mol. The fraction of sp³-hybridized carbons (Fsp3) is 0.526. The summed E-state index contributed by atoms with van der Waals surface area (Å²) in [5.74, 6) is -1.03. The third-order valence-electron chi connectivity index (χ3n) is 4.38. The van der Waals surface area contributed by atoms with Crippen molar-refractivity contribution < 1.29 is 19.1 Å². The van der Waals surface area contributed by atoms with Crippen molar-refractivity contribution in [1.82, 2.24) is 10.2 Å². The average Bonchev–Trinajstić information content (AvgIpc) is 2.62. The van der Waals surface area contributed by atoms with E-state index >= 15 is 0 Å². The highest BCUT2D eigenvalue weighted by Crippen LogP contribution is 2.21. The standard InChI is InChI=1S/C19H25BrN2O4/c1-3-4-5-10-26-17(23)12-16-18(24)21-8-9-22(16)19(25)14-7-6-13(2)15(20)11-14/h6-7,11,16H,3-5,8-10,12H2,1-2H3,(H,21,24). The molecule has 0 saturated carbocycles. The van der Waals surface area contributed by atoms with Crippen molar-refractivity contribution in [2.24, 2.45) is 0 Å². The molecule has 2 rings (SSSR count). The van der Waals surface area contributed by atoms with Gasteiger partial charge in [0.2, 0.25) is 5.91 Å². The van der Waals surface area contributed by atoms with Crippen molar-refractivity contribution in [3.8, 4) is 0 Å². The molecule has 1 aliphatic heterocycles. The first kappa shape index (κ1) is 20.4. The number of aryl methyl sites for hydroxylation is 1. The summed E-state index contributed by atoms with van der Waals surface area (Å²) in [6.07, 6.45) is 2.71. The summed E-state index contributed by atoms with van der Waals surface area (Å²) in [6.45, 7) is 5.09. The van der Waals surface area contributed by atoms with Gasteiger partial charge in [0.25, 0.3) is 5.91 Å². The highest BCUT2D eigenvalue weighted by atomic mass is 79.9. The third kappa shape index (κ3) is 5.30. The number of benzene rings is 1. The quantitative estimate of drug-likeness (QED) is 0.539. The molecule has 0 aliphatic carbocycles. The minimum atomic E-state index is -0.838. The molecule has 1 unspecified atom stereocenters. The van der Waals surface area contributed by atoms with Crippen molar-refractivity contribution >= 4 is 33.7 Å². The Balaban J connectivity index is 2.06. The van der Waals surface area contributed by atoms with E-state index in [0.29, 0.717) is 25.3 Å². The number of nitrogens with zero attached hydrogens (tertiary/aromatic N) is 1. The maximum Gasteiger partial charge on any atom is 0.308 e. The van der Waals surface area contributed by atoms with Crippen molar-refractivity contribution in [2.45, 2.75) is 45.6 Å². The highest BCUT2D eigenvalue weighted by Gasteiger charge is 2.35. The Morgan fingerprint density at radius 2 is 2.12 bits per heavy atom. The predicted molar refractivity (Wildman–Crippen MR) is 102 cm³/mol. The van der Waals surface area contributed by atoms with Gasteiger partial charge in [0.1, 0.15) is 6.04 Å². The van der Waals surface area contributed by atoms with E-state index in [1.807, 2.05) is 13.0 Å². The number of halogens is 1. The van der Waals surface area contributed by atoms with Crippen LogP contribution in [0.2, 0.25) is 0 Å². The molecule has 1 saturated heterocycles. The van der Waals surface area contributed by atoms with Gasteiger partial charge in [-0.3, -0.25) is 14.4 Å². The summed E-state index contributed by atoms with van der Waals surface area (Å²) in [6, 6.07) is 4.48. The van der Waals surface area contributed by atoms with E-state index in [1.54, 1.807) is 12.1 Å². The average molecular weight is 425 g/mol. The topological polar surface area (TPSA) is 75.7 Å². The second-order valence-corrected chi connectivity index (χ2v) is 7.26. The normalized spacial score (nSPS) is 17.0. The van der Waals surface area contributed by atoms with Gasteiger partial charge < -0.3 is 15.0 Å². The third-order valence-corrected chi connectivity index (χ3v) is 5.24. The van der Waals surface area contributed by atoms with E-state index in [4.69, 9.17) is 4.74 Å². The zero-order valence-electron chi connectivity index (χ0n) is 15.2. The summed E-state index contributed by atoms with van der Waals surface area (Å²) < 4.78 is 6.03. The van der Waals surface area contributed by atoms with Gasteiger partial charge in [0.15, 0.2) is 0 Å². The number of rotatable bonds is 7. The largest absolute Gasteiger partial charge is 0.466 e. The molecule has 1 aromatic rings. The molecule has 0 radical (unpaired) electrons. The van der Waals surface area contributed by atoms with Crippen LogP contribution in [0.4, 0.5) is 0 Å². The molecular formula is C19H25BrN2O4. The Hall–Kier alpha value is -1.89. The fourth-order valence-corrected chi connectivity index (χ4v) is 3.19. The molecule has 2 amide bonds. The molecule has 0 bridgehead atoms. The molecule has 142 valence electrons. The van der Waals surface area contributed by atoms with Crippen LogP contribution in [-0.4, -0.2) is 48.4 Å². The highest BCUT2D eigenvalue weighted by molar-refractivity contribution is 9.10. The summed E-state index contributed by atoms with van der Waals surface area (Å²) in [5, 5.41) is 2.72. The predicted octanol–water partition coefficient (Wildman–Crippen LogP) is 2.82. The number of carbonyl (C=O) groups is 3. The first-order valence-electron chi connectivity index (χ1n) is 8.94. The number of esters is 1. The Morgan fingerprint density at radius 3 is 2.81 bits per heavy atom. The Labute approximate surface area is 162 Å². The van der Waals surface area contributed by atoms with Crippen LogP contribution in [0.15, 0.2) is 22.7 Å². The van der Waals surface area contributed by atoms with Crippen molar-refractivity contribution in [2.75, 3.05) is 19.7 Å². The molecule has 1 fully saturated rings. The molecule has 0 spiro atoms. The van der Waals surface area contributed by atoms with Crippen LogP contribution in [0.1, 0.15) is 48.5 Å². The van der Waals surface area contributed by atoms with Gasteiger partial charge in [-0.2, -0.15) is 0 Å². The van der Waals surface area contributed by atoms with Crippen molar-refractivity contribution in [3.05, 3.63) is 33.8 Å². The Bertz CT molecular complexity index is 678. The van der Waals surface area contributed by atoms with Gasteiger partial charge in [-0.05, 0) is 31.0 Å². The van der Waals surface area contributed by atoms with Gasteiger partial charge >= 0.3 is 5.97 Å². The van der Waals surface area contributed by atoms with E-state index in [-0.39, 0.29) is 18.2 Å². The number of amides is 2. The lowest BCUT2D eigenvalue weighted by Gasteiger charge is -2.34. The SMILES string of the molecule is CCCCCOC(=O)CC1C(=O)NCCN1C(=O)c1ccc(C)c(Br)c1. The molecular weight excluding hydrogens is 400 g/mol. The van der Waals surface area contributed by atoms with Crippen LogP contribution in [0.25, 0.3) is 0 Å². The smallest absolute Gasteiger partial charge is 0.308 e. The Morgan fingerprint density at radius 1 is 1.35 bits per heavy atom.